The second-order valence-electron chi connectivity index (χ2n) is 13.0. The number of aryl methyl sites for hydroxylation is 2. The first-order valence-corrected chi connectivity index (χ1v) is 20.7. The van der Waals surface area contributed by atoms with E-state index >= 15 is 0 Å². The molecule has 0 saturated heterocycles. The molecular formula is C54H42PtS2. The Morgan fingerprint density at radius 1 is 0.351 bits per heavy atom. The minimum Gasteiger partial charge on any atom is -0.366 e. The molecular weight excluding hydrogens is 908 g/mol. The van der Waals surface area contributed by atoms with E-state index in [0.717, 1.165) is 65.7 Å². The Morgan fingerprint density at radius 2 is 0.614 bits per heavy atom. The first kappa shape index (κ1) is 44.0. The number of rotatable bonds is 8. The molecule has 0 amide bonds. The minimum atomic E-state index is 0. The van der Waals surface area contributed by atoms with Gasteiger partial charge in [0.2, 0.25) is 0 Å². The molecule has 0 unspecified atom stereocenters. The van der Waals surface area contributed by atoms with Crippen LogP contribution in [-0.2, 0) is 33.9 Å². The second-order valence-corrected chi connectivity index (χ2v) is 15.2. The SMILES string of the molecule is [C-]#Cc1ccc(C#Cc2ccc(C#Cc3ccc(CCCCC)cc3)s2)cc1.[C-]#Cc1ccc(C#Cc2ccc(C#Cc3ccc(CCCCC)cc3)s2)cc1.[Pt+2]. The fraction of sp³-hybridized carbons (Fsp3) is 0.185. The molecule has 0 aliphatic carbocycles. The molecule has 0 fully saturated rings. The molecule has 6 rings (SSSR count). The van der Waals surface area contributed by atoms with Gasteiger partial charge in [-0.3, -0.25) is 11.8 Å². The zero-order valence-electron chi connectivity index (χ0n) is 32.3. The first-order valence-electron chi connectivity index (χ1n) is 19.0. The molecule has 0 spiro atoms. The molecule has 0 atom stereocenters. The largest absolute Gasteiger partial charge is 2.00 e. The van der Waals surface area contributed by atoms with E-state index in [1.54, 1.807) is 22.7 Å². The zero-order chi connectivity index (χ0) is 39.2. The molecule has 2 aromatic heterocycles. The molecule has 280 valence electrons. The Hall–Kier alpha value is -5.67. The van der Waals surface area contributed by atoms with E-state index in [0.29, 0.717) is 0 Å². The fourth-order valence-corrected chi connectivity index (χ4v) is 6.85. The van der Waals surface area contributed by atoms with Crippen molar-refractivity contribution < 1.29 is 21.1 Å². The summed E-state index contributed by atoms with van der Waals surface area (Å²) < 4.78 is 0. The Bertz CT molecular complexity index is 2320. The van der Waals surface area contributed by atoms with Crippen LogP contribution in [0.1, 0.15) is 116 Å². The van der Waals surface area contributed by atoms with Crippen molar-refractivity contribution in [3.8, 4) is 59.2 Å². The van der Waals surface area contributed by atoms with Gasteiger partial charge in [0.25, 0.3) is 0 Å². The third kappa shape index (κ3) is 15.8. The van der Waals surface area contributed by atoms with Crippen LogP contribution in [0, 0.1) is 72.1 Å². The van der Waals surface area contributed by atoms with Crippen LogP contribution >= 0.6 is 22.7 Å². The number of benzene rings is 4. The molecule has 3 heteroatoms. The predicted molar refractivity (Wildman–Crippen MR) is 237 cm³/mol. The van der Waals surface area contributed by atoms with E-state index in [4.69, 9.17) is 12.8 Å². The van der Waals surface area contributed by atoms with Gasteiger partial charge >= 0.3 is 21.1 Å². The van der Waals surface area contributed by atoms with Crippen LogP contribution in [0.5, 0.6) is 0 Å². The van der Waals surface area contributed by atoms with Crippen molar-refractivity contribution >= 4 is 22.7 Å². The maximum absolute atomic E-state index is 7.10. The molecule has 0 aliphatic rings. The molecule has 2 heterocycles. The van der Waals surface area contributed by atoms with Crippen molar-refractivity contribution in [1.82, 2.24) is 0 Å². The topological polar surface area (TPSA) is 0 Å². The summed E-state index contributed by atoms with van der Waals surface area (Å²) in [6, 6.07) is 40.3. The summed E-state index contributed by atoms with van der Waals surface area (Å²) in [4.78, 5) is 4.03. The van der Waals surface area contributed by atoms with Crippen molar-refractivity contribution in [1.29, 1.82) is 0 Å². The van der Waals surface area contributed by atoms with Crippen molar-refractivity contribution in [2.75, 3.05) is 0 Å². The van der Waals surface area contributed by atoms with E-state index in [1.165, 1.54) is 49.7 Å². The summed E-state index contributed by atoms with van der Waals surface area (Å²) in [5, 5.41) is 0. The van der Waals surface area contributed by atoms with E-state index in [9.17, 15) is 0 Å². The van der Waals surface area contributed by atoms with Gasteiger partial charge in [-0.1, -0.05) is 135 Å². The number of thiophene rings is 2. The maximum Gasteiger partial charge on any atom is 2.00 e. The molecule has 0 saturated carbocycles. The Morgan fingerprint density at radius 3 is 0.877 bits per heavy atom. The molecule has 0 nitrogen and oxygen atoms in total. The van der Waals surface area contributed by atoms with Crippen LogP contribution in [0.25, 0.3) is 0 Å². The fourth-order valence-electron chi connectivity index (χ4n) is 5.42. The Kier molecular flexibility index (Phi) is 19.1. The number of hydrogen-bond donors (Lipinski definition) is 0. The van der Waals surface area contributed by atoms with Gasteiger partial charge in [0.15, 0.2) is 0 Å². The maximum atomic E-state index is 7.10. The number of unbranched alkanes of at least 4 members (excludes halogenated alkanes) is 4. The summed E-state index contributed by atoms with van der Waals surface area (Å²) >= 11 is 3.21. The van der Waals surface area contributed by atoms with Gasteiger partial charge in [0.05, 0.1) is 19.5 Å². The van der Waals surface area contributed by atoms with Crippen LogP contribution in [-0.4, -0.2) is 0 Å². The molecule has 6 aromatic rings. The molecule has 0 aliphatic heterocycles. The Balaban J connectivity index is 0.000000248. The van der Waals surface area contributed by atoms with Crippen LogP contribution in [0.4, 0.5) is 0 Å². The van der Waals surface area contributed by atoms with Crippen molar-refractivity contribution in [2.45, 2.75) is 65.2 Å². The summed E-state index contributed by atoms with van der Waals surface area (Å²) in [5.41, 5.74) is 8.24. The molecule has 0 radical (unpaired) electrons. The van der Waals surface area contributed by atoms with E-state index in [-0.39, 0.29) is 21.1 Å². The van der Waals surface area contributed by atoms with Crippen LogP contribution in [0.3, 0.4) is 0 Å². The summed E-state index contributed by atoms with van der Waals surface area (Å²) in [6.07, 6.45) is 24.1. The van der Waals surface area contributed by atoms with Gasteiger partial charge in [-0.2, -0.15) is 0 Å². The summed E-state index contributed by atoms with van der Waals surface area (Å²) in [5.74, 6) is 30.3. The van der Waals surface area contributed by atoms with Gasteiger partial charge in [-0.05, 0) is 85.3 Å². The Labute approximate surface area is 363 Å². The van der Waals surface area contributed by atoms with Crippen molar-refractivity contribution in [3.63, 3.8) is 0 Å². The van der Waals surface area contributed by atoms with Gasteiger partial charge in [0, 0.05) is 22.3 Å². The average Bonchev–Trinajstić information content (AvgIpc) is 3.92. The average molecular weight is 950 g/mol. The van der Waals surface area contributed by atoms with Gasteiger partial charge < -0.3 is 12.8 Å². The predicted octanol–water partition coefficient (Wildman–Crippen LogP) is 12.4. The van der Waals surface area contributed by atoms with E-state index in [2.05, 4.69) is 122 Å². The summed E-state index contributed by atoms with van der Waals surface area (Å²) in [6.45, 7) is 4.46. The minimum absolute atomic E-state index is 0. The van der Waals surface area contributed by atoms with E-state index < -0.39 is 0 Å². The molecule has 57 heavy (non-hydrogen) atoms. The van der Waals surface area contributed by atoms with Gasteiger partial charge in [-0.15, -0.1) is 58.1 Å². The van der Waals surface area contributed by atoms with Crippen molar-refractivity contribution in [3.05, 3.63) is 198 Å². The third-order valence-corrected chi connectivity index (χ3v) is 10.5. The first-order chi connectivity index (χ1) is 27.5. The summed E-state index contributed by atoms with van der Waals surface area (Å²) in [7, 11) is 0. The van der Waals surface area contributed by atoms with Crippen LogP contribution < -0.4 is 0 Å². The van der Waals surface area contributed by atoms with Crippen LogP contribution in [0.15, 0.2) is 121 Å². The normalized spacial score (nSPS) is 9.40. The van der Waals surface area contributed by atoms with Gasteiger partial charge in [0.1, 0.15) is 0 Å². The molecule has 4 aromatic carbocycles. The smallest absolute Gasteiger partial charge is 0.366 e. The van der Waals surface area contributed by atoms with Gasteiger partial charge in [-0.25, -0.2) is 0 Å². The van der Waals surface area contributed by atoms with Crippen LogP contribution in [0.2, 0.25) is 0 Å². The van der Waals surface area contributed by atoms with Crippen molar-refractivity contribution in [2.24, 2.45) is 0 Å². The zero-order valence-corrected chi connectivity index (χ0v) is 36.2. The number of hydrogen-bond acceptors (Lipinski definition) is 2. The molecule has 0 bridgehead atoms. The second kappa shape index (κ2) is 24.8. The molecule has 0 N–H and O–H groups in total. The van der Waals surface area contributed by atoms with E-state index in [1.807, 2.05) is 72.8 Å². The monoisotopic (exact) mass is 949 g/mol. The quantitative estimate of drug-likeness (QED) is 0.0810. The third-order valence-electron chi connectivity index (χ3n) is 8.64. The standard InChI is InChI=1S/2C27H21S.Pt/c2*1-3-5-6-7-23-12-14-25(15-13-23)17-19-27-21-20-26(28-27)18-16-24-10-8-22(4-2)9-11-24;/h2*8-15,20-21H,3,5-7H2,1H3;/q2*-1;+2.